The molecule has 2 bridgehead atoms. The van der Waals surface area contributed by atoms with Gasteiger partial charge in [0.25, 0.3) is 0 Å². The maximum Gasteiger partial charge on any atom is 0.0766 e. The van der Waals surface area contributed by atoms with E-state index in [0.29, 0.717) is 6.04 Å². The van der Waals surface area contributed by atoms with Crippen LogP contribution in [0.5, 0.6) is 0 Å². The number of nitrogens with two attached hydrogens (primary N) is 1. The SMILES string of the molecule is CCc1nn(C)c(CC(NN)C2CN3CCN2CC3)c1Br. The second-order valence-electron chi connectivity index (χ2n) is 6.07. The number of aryl methyl sites for hydroxylation is 2. The first kappa shape index (κ1) is 15.4. The van der Waals surface area contributed by atoms with Crippen LogP contribution in [0, 0.1) is 0 Å². The van der Waals surface area contributed by atoms with Crippen LogP contribution in [0.4, 0.5) is 0 Å². The van der Waals surface area contributed by atoms with Crippen LogP contribution in [-0.4, -0.2) is 64.4 Å². The lowest BCUT2D eigenvalue weighted by Gasteiger charge is -2.50. The van der Waals surface area contributed by atoms with Gasteiger partial charge in [0.1, 0.15) is 0 Å². The third-order valence-corrected chi connectivity index (χ3v) is 5.83. The van der Waals surface area contributed by atoms with E-state index in [2.05, 4.69) is 43.2 Å². The molecule has 1 aromatic rings. The van der Waals surface area contributed by atoms with Crippen molar-refractivity contribution in [1.29, 1.82) is 0 Å². The number of hydrogen-bond donors (Lipinski definition) is 2. The highest BCUT2D eigenvalue weighted by atomic mass is 79.9. The van der Waals surface area contributed by atoms with Crippen molar-refractivity contribution in [1.82, 2.24) is 25.0 Å². The number of hydrogen-bond acceptors (Lipinski definition) is 5. The Hall–Kier alpha value is -0.470. The van der Waals surface area contributed by atoms with Crippen molar-refractivity contribution < 1.29 is 0 Å². The molecule has 0 aromatic carbocycles. The van der Waals surface area contributed by atoms with Gasteiger partial charge in [0, 0.05) is 58.3 Å². The van der Waals surface area contributed by atoms with Crippen molar-refractivity contribution in [3.63, 3.8) is 0 Å². The van der Waals surface area contributed by atoms with Crippen molar-refractivity contribution in [3.05, 3.63) is 15.9 Å². The van der Waals surface area contributed by atoms with Crippen LogP contribution in [0.25, 0.3) is 0 Å². The molecule has 118 valence electrons. The van der Waals surface area contributed by atoms with E-state index in [1.807, 2.05) is 11.7 Å². The molecule has 4 heterocycles. The van der Waals surface area contributed by atoms with E-state index in [1.54, 1.807) is 0 Å². The summed E-state index contributed by atoms with van der Waals surface area (Å²) in [5.74, 6) is 5.88. The molecule has 3 aliphatic heterocycles. The quantitative estimate of drug-likeness (QED) is 0.579. The number of nitrogens with one attached hydrogen (secondary N) is 1. The van der Waals surface area contributed by atoms with Crippen molar-refractivity contribution in [3.8, 4) is 0 Å². The smallest absolute Gasteiger partial charge is 0.0766 e. The molecule has 0 radical (unpaired) electrons. The van der Waals surface area contributed by atoms with Crippen LogP contribution in [0.2, 0.25) is 0 Å². The number of hydrazine groups is 1. The Bertz CT molecular complexity index is 494. The minimum atomic E-state index is 0.254. The zero-order valence-corrected chi connectivity index (χ0v) is 14.4. The van der Waals surface area contributed by atoms with Crippen LogP contribution < -0.4 is 11.3 Å². The molecule has 3 fully saturated rings. The molecule has 0 amide bonds. The van der Waals surface area contributed by atoms with Crippen molar-refractivity contribution in [2.45, 2.75) is 31.8 Å². The van der Waals surface area contributed by atoms with Gasteiger partial charge in [-0.05, 0) is 22.4 Å². The van der Waals surface area contributed by atoms with E-state index in [-0.39, 0.29) is 6.04 Å². The van der Waals surface area contributed by atoms with Crippen LogP contribution in [-0.2, 0) is 19.9 Å². The molecule has 3 saturated heterocycles. The fraction of sp³-hybridized carbons (Fsp3) is 0.786. The molecule has 4 rings (SSSR count). The molecule has 0 saturated carbocycles. The molecule has 2 atom stereocenters. The standard InChI is InChI=1S/C14H25BrN6/c1-3-10-14(15)12(19(2)18-10)8-11(17-16)13-9-20-4-6-21(13)7-5-20/h11,13,17H,3-9,16H2,1-2H3. The zero-order chi connectivity index (χ0) is 15.0. The lowest BCUT2D eigenvalue weighted by atomic mass is 9.96. The fourth-order valence-electron chi connectivity index (χ4n) is 3.60. The first-order valence-electron chi connectivity index (χ1n) is 7.76. The van der Waals surface area contributed by atoms with Gasteiger partial charge in [-0.25, -0.2) is 0 Å². The predicted molar refractivity (Wildman–Crippen MR) is 86.9 cm³/mol. The third-order valence-electron chi connectivity index (χ3n) is 4.92. The van der Waals surface area contributed by atoms with Crippen LogP contribution >= 0.6 is 15.9 Å². The van der Waals surface area contributed by atoms with E-state index >= 15 is 0 Å². The second kappa shape index (κ2) is 6.34. The first-order chi connectivity index (χ1) is 10.1. The summed E-state index contributed by atoms with van der Waals surface area (Å²) < 4.78 is 3.13. The highest BCUT2D eigenvalue weighted by molar-refractivity contribution is 9.10. The summed E-state index contributed by atoms with van der Waals surface area (Å²) in [6.07, 6.45) is 1.84. The van der Waals surface area contributed by atoms with Crippen molar-refractivity contribution >= 4 is 15.9 Å². The molecular weight excluding hydrogens is 332 g/mol. The van der Waals surface area contributed by atoms with Gasteiger partial charge >= 0.3 is 0 Å². The summed E-state index contributed by atoms with van der Waals surface area (Å²) in [5, 5.41) is 4.59. The van der Waals surface area contributed by atoms with Crippen molar-refractivity contribution in [2.75, 3.05) is 32.7 Å². The molecule has 6 nitrogen and oxygen atoms in total. The van der Waals surface area contributed by atoms with Crippen LogP contribution in [0.15, 0.2) is 4.47 Å². The van der Waals surface area contributed by atoms with Gasteiger partial charge in [-0.15, -0.1) is 0 Å². The summed E-state index contributed by atoms with van der Waals surface area (Å²) in [5.41, 5.74) is 5.41. The van der Waals surface area contributed by atoms with Gasteiger partial charge in [-0.2, -0.15) is 5.10 Å². The Morgan fingerprint density at radius 3 is 2.57 bits per heavy atom. The van der Waals surface area contributed by atoms with Gasteiger partial charge in [-0.3, -0.25) is 25.8 Å². The summed E-state index contributed by atoms with van der Waals surface area (Å²) in [4.78, 5) is 5.13. The third kappa shape index (κ3) is 2.90. The molecule has 0 aliphatic carbocycles. The number of nitrogens with zero attached hydrogens (tertiary/aromatic N) is 4. The Morgan fingerprint density at radius 1 is 1.38 bits per heavy atom. The summed E-state index contributed by atoms with van der Waals surface area (Å²) >= 11 is 3.71. The summed E-state index contributed by atoms with van der Waals surface area (Å²) in [6.45, 7) is 7.97. The fourth-order valence-corrected chi connectivity index (χ4v) is 4.37. The molecular formula is C14H25BrN6. The predicted octanol–water partition coefficient (Wildman–Crippen LogP) is 0.119. The monoisotopic (exact) mass is 356 g/mol. The van der Waals surface area contributed by atoms with E-state index < -0.39 is 0 Å². The minimum Gasteiger partial charge on any atom is -0.299 e. The number of piperazine rings is 3. The van der Waals surface area contributed by atoms with Crippen molar-refractivity contribution in [2.24, 2.45) is 12.9 Å². The number of aromatic nitrogens is 2. The van der Waals surface area contributed by atoms with Gasteiger partial charge in [0.15, 0.2) is 0 Å². The second-order valence-corrected chi connectivity index (χ2v) is 6.86. The molecule has 1 aromatic heterocycles. The van der Waals surface area contributed by atoms with E-state index in [1.165, 1.54) is 18.8 Å². The molecule has 7 heteroatoms. The maximum absolute atomic E-state index is 5.88. The molecule has 2 unspecified atom stereocenters. The molecule has 3 N–H and O–H groups in total. The Labute approximate surface area is 134 Å². The number of halogens is 1. The largest absolute Gasteiger partial charge is 0.299 e. The van der Waals surface area contributed by atoms with E-state index in [4.69, 9.17) is 5.84 Å². The van der Waals surface area contributed by atoms with Gasteiger partial charge in [0.05, 0.1) is 15.9 Å². The van der Waals surface area contributed by atoms with E-state index in [0.717, 1.165) is 42.6 Å². The minimum absolute atomic E-state index is 0.254. The first-order valence-corrected chi connectivity index (χ1v) is 8.56. The average molecular weight is 357 g/mol. The number of fused-ring (bicyclic) bond motifs is 3. The van der Waals surface area contributed by atoms with Crippen LogP contribution in [0.1, 0.15) is 18.3 Å². The van der Waals surface area contributed by atoms with Gasteiger partial charge in [-0.1, -0.05) is 6.92 Å². The molecule has 21 heavy (non-hydrogen) atoms. The Morgan fingerprint density at radius 2 is 2.10 bits per heavy atom. The Kier molecular flexibility index (Phi) is 4.66. The normalized spacial score (nSPS) is 29.8. The summed E-state index contributed by atoms with van der Waals surface area (Å²) in [6, 6.07) is 0.744. The van der Waals surface area contributed by atoms with Gasteiger partial charge < -0.3 is 0 Å². The molecule has 3 aliphatic rings. The average Bonchev–Trinajstić information content (AvgIpc) is 2.80. The van der Waals surface area contributed by atoms with Crippen LogP contribution in [0.3, 0.4) is 0 Å². The Balaban J connectivity index is 1.77. The highest BCUT2D eigenvalue weighted by Crippen LogP contribution is 2.25. The summed E-state index contributed by atoms with van der Waals surface area (Å²) in [7, 11) is 2.02. The lowest BCUT2D eigenvalue weighted by molar-refractivity contribution is -0.00341. The van der Waals surface area contributed by atoms with E-state index in [9.17, 15) is 0 Å². The maximum atomic E-state index is 5.88. The lowest BCUT2D eigenvalue weighted by Crippen LogP contribution is -2.67. The molecule has 0 spiro atoms. The topological polar surface area (TPSA) is 62.4 Å². The number of rotatable bonds is 5. The highest BCUT2D eigenvalue weighted by Gasteiger charge is 2.37. The van der Waals surface area contributed by atoms with Gasteiger partial charge in [0.2, 0.25) is 0 Å². The zero-order valence-electron chi connectivity index (χ0n) is 12.8.